The third kappa shape index (κ3) is 5.07. The van der Waals surface area contributed by atoms with Crippen molar-refractivity contribution in [3.63, 3.8) is 0 Å². The van der Waals surface area contributed by atoms with Gasteiger partial charge in [-0.15, -0.1) is 0 Å². The summed E-state index contributed by atoms with van der Waals surface area (Å²) < 4.78 is 26.8. The molecule has 2 rings (SSSR count). The van der Waals surface area contributed by atoms with Gasteiger partial charge >= 0.3 is 5.97 Å². The lowest BCUT2D eigenvalue weighted by molar-refractivity contribution is -0.134. The lowest BCUT2D eigenvalue weighted by atomic mass is 10.1. The second-order valence-electron chi connectivity index (χ2n) is 5.71. The summed E-state index contributed by atoms with van der Waals surface area (Å²) in [5.74, 6) is 1.78. The first-order valence-corrected chi connectivity index (χ1v) is 8.72. The van der Waals surface area contributed by atoms with Crippen molar-refractivity contribution in [1.82, 2.24) is 0 Å². The van der Waals surface area contributed by atoms with E-state index in [0.29, 0.717) is 41.6 Å². The van der Waals surface area contributed by atoms with Gasteiger partial charge < -0.3 is 23.7 Å². The lowest BCUT2D eigenvalue weighted by Crippen LogP contribution is -2.10. The van der Waals surface area contributed by atoms with Crippen molar-refractivity contribution in [2.45, 2.75) is 19.8 Å². The predicted molar refractivity (Wildman–Crippen MR) is 102 cm³/mol. The number of nitrogens with zero attached hydrogens (tertiary/aromatic N) is 1. The van der Waals surface area contributed by atoms with Gasteiger partial charge in [0.15, 0.2) is 23.0 Å². The van der Waals surface area contributed by atoms with E-state index < -0.39 is 5.97 Å². The van der Waals surface area contributed by atoms with Crippen molar-refractivity contribution in [3.05, 3.63) is 41.5 Å². The predicted octanol–water partition coefficient (Wildman–Crippen LogP) is 3.52. The fourth-order valence-electron chi connectivity index (χ4n) is 2.63. The highest BCUT2D eigenvalue weighted by atomic mass is 16.6. The van der Waals surface area contributed by atoms with E-state index in [2.05, 4.69) is 0 Å². The summed E-state index contributed by atoms with van der Waals surface area (Å²) >= 11 is 0. The maximum absolute atomic E-state index is 12.3. The summed E-state index contributed by atoms with van der Waals surface area (Å²) in [6.45, 7) is 2.21. The molecule has 0 radical (unpaired) electrons. The molecule has 0 atom stereocenters. The van der Waals surface area contributed by atoms with Gasteiger partial charge in [-0.1, -0.05) is 0 Å². The third-order valence-corrected chi connectivity index (χ3v) is 3.94. The summed E-state index contributed by atoms with van der Waals surface area (Å²) in [6, 6.07) is 10.3. The fourth-order valence-corrected chi connectivity index (χ4v) is 2.63. The molecule has 28 heavy (non-hydrogen) atoms. The number of carbonyl (C=O) groups is 1. The van der Waals surface area contributed by atoms with E-state index >= 15 is 0 Å². The van der Waals surface area contributed by atoms with Crippen molar-refractivity contribution >= 4 is 5.97 Å². The molecule has 7 nitrogen and oxygen atoms in total. The fraction of sp³-hybridized carbons (Fsp3) is 0.333. The maximum atomic E-state index is 12.3. The molecule has 7 heteroatoms. The average Bonchev–Trinajstić information content (AvgIpc) is 2.72. The van der Waals surface area contributed by atoms with Gasteiger partial charge in [0.2, 0.25) is 5.75 Å². The molecule has 0 saturated heterocycles. The van der Waals surface area contributed by atoms with Crippen molar-refractivity contribution in [1.29, 1.82) is 5.26 Å². The molecule has 2 aromatic rings. The van der Waals surface area contributed by atoms with Crippen LogP contribution in [0.4, 0.5) is 0 Å². The highest BCUT2D eigenvalue weighted by Gasteiger charge is 2.15. The highest BCUT2D eigenvalue weighted by molar-refractivity contribution is 5.74. The second-order valence-corrected chi connectivity index (χ2v) is 5.71. The number of aryl methyl sites for hydroxylation is 1. The number of methoxy groups -OCH3 is 3. The topological polar surface area (TPSA) is 87.0 Å². The minimum absolute atomic E-state index is 0.143. The van der Waals surface area contributed by atoms with Gasteiger partial charge in [0.05, 0.1) is 39.6 Å². The van der Waals surface area contributed by atoms with Crippen LogP contribution in [0.2, 0.25) is 0 Å². The van der Waals surface area contributed by atoms with Gasteiger partial charge in [-0.25, -0.2) is 0 Å². The number of nitriles is 1. The zero-order chi connectivity index (χ0) is 20.5. The van der Waals surface area contributed by atoms with Gasteiger partial charge in [-0.05, 0) is 43.2 Å². The standard InChI is InChI=1S/C21H23NO6/c1-5-27-17-12-15(13-22)6-8-16(17)28-20(23)9-7-14-10-18(24-2)21(26-4)19(11-14)25-3/h6,8,10-12H,5,7,9H2,1-4H3. The Bertz CT molecular complexity index is 847. The number of hydrogen-bond acceptors (Lipinski definition) is 7. The minimum Gasteiger partial charge on any atom is -0.493 e. The molecule has 2 aromatic carbocycles. The van der Waals surface area contributed by atoms with Gasteiger partial charge in [-0.3, -0.25) is 4.79 Å². The monoisotopic (exact) mass is 385 g/mol. The summed E-state index contributed by atoms with van der Waals surface area (Å²) in [6.07, 6.45) is 0.569. The molecule has 0 spiro atoms. The molecular formula is C21H23NO6. The molecule has 0 aliphatic carbocycles. The van der Waals surface area contributed by atoms with Crippen LogP contribution in [0.1, 0.15) is 24.5 Å². The number of rotatable bonds is 9. The summed E-state index contributed by atoms with van der Waals surface area (Å²) in [5, 5.41) is 8.99. The van der Waals surface area contributed by atoms with E-state index in [1.54, 1.807) is 30.3 Å². The summed E-state index contributed by atoms with van der Waals surface area (Å²) in [4.78, 5) is 12.3. The molecule has 0 aliphatic rings. The van der Waals surface area contributed by atoms with E-state index in [1.807, 2.05) is 13.0 Å². The van der Waals surface area contributed by atoms with Crippen molar-refractivity contribution in [2.24, 2.45) is 0 Å². The van der Waals surface area contributed by atoms with Crippen LogP contribution >= 0.6 is 0 Å². The van der Waals surface area contributed by atoms with Crippen LogP contribution in [0.25, 0.3) is 0 Å². The van der Waals surface area contributed by atoms with Crippen LogP contribution in [0.3, 0.4) is 0 Å². The smallest absolute Gasteiger partial charge is 0.311 e. The number of esters is 1. The third-order valence-electron chi connectivity index (χ3n) is 3.94. The average molecular weight is 385 g/mol. The van der Waals surface area contributed by atoms with Crippen molar-refractivity contribution in [2.75, 3.05) is 27.9 Å². The maximum Gasteiger partial charge on any atom is 0.311 e. The lowest BCUT2D eigenvalue weighted by Gasteiger charge is -2.14. The Morgan fingerprint density at radius 1 is 0.964 bits per heavy atom. The van der Waals surface area contributed by atoms with E-state index in [4.69, 9.17) is 28.9 Å². The van der Waals surface area contributed by atoms with Crippen molar-refractivity contribution in [3.8, 4) is 34.8 Å². The molecule has 0 bridgehead atoms. The van der Waals surface area contributed by atoms with Crippen molar-refractivity contribution < 1.29 is 28.5 Å². The van der Waals surface area contributed by atoms with Crippen LogP contribution in [0.15, 0.2) is 30.3 Å². The van der Waals surface area contributed by atoms with E-state index in [-0.39, 0.29) is 12.2 Å². The molecule has 148 valence electrons. The van der Waals surface area contributed by atoms with Crippen LogP contribution in [-0.4, -0.2) is 33.9 Å². The largest absolute Gasteiger partial charge is 0.493 e. The van der Waals surface area contributed by atoms with Gasteiger partial charge in [-0.2, -0.15) is 5.26 Å². The Balaban J connectivity index is 2.10. The first-order chi connectivity index (χ1) is 13.6. The van der Waals surface area contributed by atoms with Crippen LogP contribution in [0.5, 0.6) is 28.7 Å². The second kappa shape index (κ2) is 10.1. The zero-order valence-corrected chi connectivity index (χ0v) is 16.4. The van der Waals surface area contributed by atoms with E-state index in [0.717, 1.165) is 5.56 Å². The normalized spacial score (nSPS) is 9.96. The number of carbonyl (C=O) groups excluding carboxylic acids is 1. The molecule has 0 fully saturated rings. The highest BCUT2D eigenvalue weighted by Crippen LogP contribution is 2.38. The van der Waals surface area contributed by atoms with Crippen LogP contribution in [-0.2, 0) is 11.2 Å². The van der Waals surface area contributed by atoms with Crippen LogP contribution in [0, 0.1) is 11.3 Å². The Morgan fingerprint density at radius 2 is 1.64 bits per heavy atom. The van der Waals surface area contributed by atoms with Gasteiger partial charge in [0.25, 0.3) is 0 Å². The quantitative estimate of drug-likeness (QED) is 0.482. The SMILES string of the molecule is CCOc1cc(C#N)ccc1OC(=O)CCc1cc(OC)c(OC)c(OC)c1. The molecule has 0 amide bonds. The molecule has 0 N–H and O–H groups in total. The molecular weight excluding hydrogens is 362 g/mol. The zero-order valence-electron chi connectivity index (χ0n) is 16.4. The number of ether oxygens (including phenoxy) is 5. The Morgan fingerprint density at radius 3 is 2.18 bits per heavy atom. The number of hydrogen-bond donors (Lipinski definition) is 0. The van der Waals surface area contributed by atoms with Gasteiger partial charge in [0.1, 0.15) is 0 Å². The molecule has 0 aliphatic heterocycles. The molecule has 0 unspecified atom stereocenters. The van der Waals surface area contributed by atoms with Gasteiger partial charge in [0, 0.05) is 12.5 Å². The number of benzene rings is 2. The first-order valence-electron chi connectivity index (χ1n) is 8.72. The van der Waals surface area contributed by atoms with E-state index in [9.17, 15) is 4.79 Å². The first kappa shape index (κ1) is 20.9. The molecule has 0 aromatic heterocycles. The Labute approximate surface area is 164 Å². The van der Waals surface area contributed by atoms with Crippen LogP contribution < -0.4 is 23.7 Å². The Hall–Kier alpha value is -3.40. The molecule has 0 saturated carbocycles. The summed E-state index contributed by atoms with van der Waals surface area (Å²) in [5.41, 5.74) is 1.27. The summed E-state index contributed by atoms with van der Waals surface area (Å²) in [7, 11) is 4.61. The minimum atomic E-state index is -0.417. The Kier molecular flexibility index (Phi) is 7.52. The molecule has 0 heterocycles. The van der Waals surface area contributed by atoms with E-state index in [1.165, 1.54) is 21.3 Å².